The van der Waals surface area contributed by atoms with Crippen molar-refractivity contribution in [3.05, 3.63) is 77.7 Å². The highest BCUT2D eigenvalue weighted by Gasteiger charge is 2.20. The third-order valence-electron chi connectivity index (χ3n) is 5.67. The van der Waals surface area contributed by atoms with Gasteiger partial charge in [0.2, 0.25) is 5.91 Å². The van der Waals surface area contributed by atoms with Gasteiger partial charge in [-0.15, -0.1) is 0 Å². The number of carbonyl (C=O) groups excluding carboxylic acids is 1. The Kier molecular flexibility index (Phi) is 6.68. The maximum Gasteiger partial charge on any atom is 0.249 e. The fraction of sp³-hybridized carbons (Fsp3) is 0.214. The maximum atomic E-state index is 12.7. The molecule has 0 saturated heterocycles. The van der Waals surface area contributed by atoms with Crippen LogP contribution in [0.1, 0.15) is 30.5 Å². The number of carbonyl (C=O) groups is 1. The average molecular weight is 457 g/mol. The van der Waals surface area contributed by atoms with Gasteiger partial charge in [-0.3, -0.25) is 4.79 Å². The summed E-state index contributed by atoms with van der Waals surface area (Å²) in [6.45, 7) is 8.25. The SMILES string of the molecule is CCOc1c(/C(C)=C/C(=O)Nc2cc(C)ccn2)cc2c(-c3ccccc3OC)coc2c1C. The number of para-hydroxylation sites is 1. The largest absolute Gasteiger partial charge is 0.496 e. The van der Waals surface area contributed by atoms with Crippen molar-refractivity contribution in [3.63, 3.8) is 0 Å². The number of fused-ring (bicyclic) bond motifs is 1. The number of hydrogen-bond acceptors (Lipinski definition) is 5. The second-order valence-electron chi connectivity index (χ2n) is 8.07. The highest BCUT2D eigenvalue weighted by Crippen LogP contribution is 2.42. The van der Waals surface area contributed by atoms with Crippen molar-refractivity contribution in [2.24, 2.45) is 0 Å². The molecule has 2 aromatic heterocycles. The van der Waals surface area contributed by atoms with E-state index in [2.05, 4.69) is 10.3 Å². The summed E-state index contributed by atoms with van der Waals surface area (Å²) < 4.78 is 17.6. The number of methoxy groups -OCH3 is 1. The standard InChI is InChI=1S/C28H28N2O4/c1-6-33-27-19(4)28-22(23(16-34-28)20-9-7-8-10-24(20)32-5)15-21(27)18(3)14-26(31)30-25-13-17(2)11-12-29-25/h7-16H,6H2,1-5H3,(H,29,30,31)/b18-14+. The van der Waals surface area contributed by atoms with Crippen LogP contribution in [0.2, 0.25) is 0 Å². The fourth-order valence-electron chi connectivity index (χ4n) is 4.06. The Bertz CT molecular complexity index is 1380. The predicted octanol–water partition coefficient (Wildman–Crippen LogP) is 6.56. The molecule has 6 nitrogen and oxygen atoms in total. The van der Waals surface area contributed by atoms with E-state index >= 15 is 0 Å². The first-order valence-electron chi connectivity index (χ1n) is 11.2. The molecule has 0 aliphatic rings. The molecule has 174 valence electrons. The number of hydrogen-bond donors (Lipinski definition) is 1. The number of nitrogens with one attached hydrogen (secondary N) is 1. The second-order valence-corrected chi connectivity index (χ2v) is 8.07. The number of aryl methyl sites for hydroxylation is 2. The number of rotatable bonds is 7. The summed E-state index contributed by atoms with van der Waals surface area (Å²) in [5.74, 6) is 1.72. The lowest BCUT2D eigenvalue weighted by Crippen LogP contribution is -2.10. The molecule has 0 fully saturated rings. The van der Waals surface area contributed by atoms with Gasteiger partial charge >= 0.3 is 0 Å². The monoisotopic (exact) mass is 456 g/mol. The zero-order valence-electron chi connectivity index (χ0n) is 20.1. The lowest BCUT2D eigenvalue weighted by Gasteiger charge is -2.15. The van der Waals surface area contributed by atoms with E-state index in [9.17, 15) is 4.79 Å². The molecule has 1 N–H and O–H groups in total. The molecule has 0 radical (unpaired) electrons. The summed E-state index contributed by atoms with van der Waals surface area (Å²) in [5, 5.41) is 3.76. The molecule has 2 heterocycles. The van der Waals surface area contributed by atoms with Gasteiger partial charge in [0.15, 0.2) is 0 Å². The Hall–Kier alpha value is -4.06. The summed E-state index contributed by atoms with van der Waals surface area (Å²) in [6.07, 6.45) is 4.98. The van der Waals surface area contributed by atoms with Crippen LogP contribution in [0.15, 0.2) is 65.4 Å². The minimum atomic E-state index is -0.257. The molecule has 4 aromatic rings. The van der Waals surface area contributed by atoms with Crippen LogP contribution in [0, 0.1) is 13.8 Å². The quantitative estimate of drug-likeness (QED) is 0.319. The van der Waals surface area contributed by atoms with Gasteiger partial charge in [0, 0.05) is 39.9 Å². The van der Waals surface area contributed by atoms with Crippen molar-refractivity contribution in [1.82, 2.24) is 4.98 Å². The Balaban J connectivity index is 1.81. The number of allylic oxidation sites excluding steroid dienone is 1. The van der Waals surface area contributed by atoms with Crippen molar-refractivity contribution < 1.29 is 18.7 Å². The summed E-state index contributed by atoms with van der Waals surface area (Å²) in [6, 6.07) is 13.5. The number of benzene rings is 2. The first-order chi connectivity index (χ1) is 16.4. The van der Waals surface area contributed by atoms with Gasteiger partial charge in [-0.05, 0) is 63.1 Å². The predicted molar refractivity (Wildman–Crippen MR) is 135 cm³/mol. The van der Waals surface area contributed by atoms with Crippen LogP contribution in [0.4, 0.5) is 5.82 Å². The molecule has 1 amide bonds. The third kappa shape index (κ3) is 4.53. The van der Waals surface area contributed by atoms with Gasteiger partial charge in [0.1, 0.15) is 22.9 Å². The molecule has 0 bridgehead atoms. The normalized spacial score (nSPS) is 11.5. The van der Waals surface area contributed by atoms with Crippen LogP contribution in [0.25, 0.3) is 27.7 Å². The molecule has 2 aromatic carbocycles. The molecule has 6 heteroatoms. The van der Waals surface area contributed by atoms with E-state index in [4.69, 9.17) is 13.9 Å². The number of amides is 1. The van der Waals surface area contributed by atoms with E-state index in [1.54, 1.807) is 25.6 Å². The fourth-order valence-corrected chi connectivity index (χ4v) is 4.06. The molecule has 0 aliphatic carbocycles. The molecule has 0 unspecified atom stereocenters. The van der Waals surface area contributed by atoms with Gasteiger partial charge in [0.05, 0.1) is 20.0 Å². The van der Waals surface area contributed by atoms with Crippen molar-refractivity contribution >= 4 is 28.3 Å². The zero-order valence-corrected chi connectivity index (χ0v) is 20.1. The van der Waals surface area contributed by atoms with Crippen LogP contribution >= 0.6 is 0 Å². The Morgan fingerprint density at radius 3 is 2.68 bits per heavy atom. The van der Waals surface area contributed by atoms with Crippen LogP contribution in [-0.4, -0.2) is 24.6 Å². The molecule has 34 heavy (non-hydrogen) atoms. The molecular formula is C28H28N2O4. The summed E-state index contributed by atoms with van der Waals surface area (Å²) in [7, 11) is 1.65. The van der Waals surface area contributed by atoms with E-state index in [0.29, 0.717) is 18.2 Å². The van der Waals surface area contributed by atoms with Gasteiger partial charge in [-0.25, -0.2) is 4.98 Å². The minimum Gasteiger partial charge on any atom is -0.496 e. The van der Waals surface area contributed by atoms with Crippen molar-refractivity contribution in [1.29, 1.82) is 0 Å². The molecular weight excluding hydrogens is 428 g/mol. The number of aromatic nitrogens is 1. The summed E-state index contributed by atoms with van der Waals surface area (Å²) >= 11 is 0. The lowest BCUT2D eigenvalue weighted by molar-refractivity contribution is -0.111. The number of anilines is 1. The molecule has 0 spiro atoms. The van der Waals surface area contributed by atoms with Crippen LogP contribution in [-0.2, 0) is 4.79 Å². The highest BCUT2D eigenvalue weighted by atomic mass is 16.5. The summed E-state index contributed by atoms with van der Waals surface area (Å²) in [5.41, 5.74) is 6.10. The molecule has 0 aliphatic heterocycles. The number of pyridine rings is 1. The summed E-state index contributed by atoms with van der Waals surface area (Å²) in [4.78, 5) is 16.9. The average Bonchev–Trinajstić information content (AvgIpc) is 3.24. The van der Waals surface area contributed by atoms with E-state index in [1.165, 1.54) is 0 Å². The smallest absolute Gasteiger partial charge is 0.249 e. The van der Waals surface area contributed by atoms with E-state index in [-0.39, 0.29) is 5.91 Å². The number of furan rings is 1. The van der Waals surface area contributed by atoms with Crippen molar-refractivity contribution in [2.45, 2.75) is 27.7 Å². The maximum absolute atomic E-state index is 12.7. The zero-order chi connectivity index (χ0) is 24.2. The Morgan fingerprint density at radius 1 is 1.15 bits per heavy atom. The Morgan fingerprint density at radius 2 is 1.94 bits per heavy atom. The topological polar surface area (TPSA) is 73.6 Å². The molecule has 0 saturated carbocycles. The first-order valence-corrected chi connectivity index (χ1v) is 11.2. The number of ether oxygens (including phenoxy) is 2. The lowest BCUT2D eigenvalue weighted by atomic mass is 9.96. The van der Waals surface area contributed by atoms with Crippen LogP contribution in [0.3, 0.4) is 0 Å². The molecule has 0 atom stereocenters. The van der Waals surface area contributed by atoms with Gasteiger partial charge in [-0.1, -0.05) is 18.2 Å². The van der Waals surface area contributed by atoms with Crippen molar-refractivity contribution in [2.75, 3.05) is 19.0 Å². The minimum absolute atomic E-state index is 0.257. The van der Waals surface area contributed by atoms with E-state index < -0.39 is 0 Å². The van der Waals surface area contributed by atoms with Gasteiger partial charge < -0.3 is 19.2 Å². The van der Waals surface area contributed by atoms with Crippen LogP contribution < -0.4 is 14.8 Å². The van der Waals surface area contributed by atoms with Crippen molar-refractivity contribution in [3.8, 4) is 22.6 Å². The second kappa shape index (κ2) is 9.83. The highest BCUT2D eigenvalue weighted by molar-refractivity contribution is 6.05. The van der Waals surface area contributed by atoms with E-state index in [0.717, 1.165) is 50.1 Å². The first kappa shape index (κ1) is 23.1. The number of nitrogens with zero attached hydrogens (tertiary/aromatic N) is 1. The Labute approximate surface area is 199 Å². The molecule has 4 rings (SSSR count). The van der Waals surface area contributed by atoms with Crippen LogP contribution in [0.5, 0.6) is 11.5 Å². The van der Waals surface area contributed by atoms with Gasteiger partial charge in [-0.2, -0.15) is 0 Å². The van der Waals surface area contributed by atoms with E-state index in [1.807, 2.05) is 70.2 Å². The van der Waals surface area contributed by atoms with Gasteiger partial charge in [0.25, 0.3) is 0 Å². The third-order valence-corrected chi connectivity index (χ3v) is 5.67.